The van der Waals surface area contributed by atoms with Gasteiger partial charge in [-0.3, -0.25) is 25.0 Å². The molecule has 14 rings (SSSR count). The molecule has 0 spiro atoms. The summed E-state index contributed by atoms with van der Waals surface area (Å²) in [7, 11) is 1.83. The van der Waals surface area contributed by atoms with Gasteiger partial charge < -0.3 is 28.9 Å². The van der Waals surface area contributed by atoms with Gasteiger partial charge in [0.25, 0.3) is 0 Å². The molecule has 0 amide bonds. The maximum atomic E-state index is 13.5. The van der Waals surface area contributed by atoms with Crippen LogP contribution >= 0.6 is 0 Å². The number of aromatic amines is 5. The van der Waals surface area contributed by atoms with Gasteiger partial charge in [-0.2, -0.15) is 15.2 Å². The first-order valence-electron chi connectivity index (χ1n) is 24.2. The molecule has 2 unspecified atom stereocenters. The lowest BCUT2D eigenvalue weighted by molar-refractivity contribution is 0.284. The number of nitrogens with one attached hydrogen (secondary N) is 7. The van der Waals surface area contributed by atoms with E-state index in [1.165, 1.54) is 24.4 Å². The van der Waals surface area contributed by atoms with Crippen molar-refractivity contribution in [2.75, 3.05) is 0 Å². The first-order chi connectivity index (χ1) is 36.6. The van der Waals surface area contributed by atoms with Gasteiger partial charge in [-0.05, 0) is 85.0 Å². The number of imidazole rings is 2. The van der Waals surface area contributed by atoms with Crippen LogP contribution in [0.15, 0.2) is 142 Å². The molecule has 75 heavy (non-hydrogen) atoms. The molecule has 11 heterocycles. The average molecular weight is 1010 g/mol. The van der Waals surface area contributed by atoms with E-state index < -0.39 is 16.8 Å². The number of fused-ring (bicyclic) bond motifs is 6. The van der Waals surface area contributed by atoms with Crippen molar-refractivity contribution in [1.29, 1.82) is 0 Å². The van der Waals surface area contributed by atoms with Crippen molar-refractivity contribution in [1.82, 2.24) is 85.4 Å². The highest BCUT2D eigenvalue weighted by Crippen LogP contribution is 2.47. The molecule has 7 N–H and O–H groups in total. The lowest BCUT2D eigenvalue weighted by Gasteiger charge is -2.39. The molecule has 0 saturated heterocycles. The minimum absolute atomic E-state index is 0.160. The molecule has 22 heteroatoms. The van der Waals surface area contributed by atoms with Crippen molar-refractivity contribution >= 4 is 21.8 Å². The third kappa shape index (κ3) is 7.59. The second kappa shape index (κ2) is 17.7. The van der Waals surface area contributed by atoms with Crippen LogP contribution in [0.2, 0.25) is 0 Å². The minimum atomic E-state index is -1.16. The van der Waals surface area contributed by atoms with Gasteiger partial charge in [-0.1, -0.05) is 41.6 Å². The molecule has 0 fully saturated rings. The molecule has 2 aliphatic heterocycles. The minimum Gasteiger partial charge on any atom is -0.390 e. The second-order valence-electron chi connectivity index (χ2n) is 18.6. The molecule has 3 aromatic carbocycles. The number of rotatable bonds is 9. The quantitative estimate of drug-likeness (QED) is 0.0742. The van der Waals surface area contributed by atoms with Crippen molar-refractivity contribution in [2.24, 2.45) is 7.05 Å². The van der Waals surface area contributed by atoms with E-state index in [1.54, 1.807) is 48.4 Å². The molecule has 0 radical (unpaired) electrons. The van der Waals surface area contributed by atoms with Crippen molar-refractivity contribution in [3.8, 4) is 22.6 Å². The highest BCUT2D eigenvalue weighted by Gasteiger charge is 2.52. The van der Waals surface area contributed by atoms with Gasteiger partial charge in [0.05, 0.1) is 71.5 Å². The molecule has 0 saturated carbocycles. The maximum absolute atomic E-state index is 13.5. The molecular formula is C53H45F2N17O3. The van der Waals surface area contributed by atoms with Crippen LogP contribution < -0.4 is 16.4 Å². The summed E-state index contributed by atoms with van der Waals surface area (Å²) in [6.45, 7) is 4.54. The summed E-state index contributed by atoms with van der Waals surface area (Å²) >= 11 is 0. The van der Waals surface area contributed by atoms with Gasteiger partial charge in [0.15, 0.2) is 11.1 Å². The molecule has 0 aliphatic carbocycles. The highest BCUT2D eigenvalue weighted by molar-refractivity contribution is 5.87. The van der Waals surface area contributed by atoms with Gasteiger partial charge in [0, 0.05) is 65.8 Å². The third-order valence-corrected chi connectivity index (χ3v) is 14.1. The van der Waals surface area contributed by atoms with Crippen LogP contribution in [0, 0.1) is 18.6 Å². The molecule has 374 valence electrons. The largest absolute Gasteiger partial charge is 0.434 e. The predicted octanol–water partition coefficient (Wildman–Crippen LogP) is 7.46. The van der Waals surface area contributed by atoms with E-state index in [2.05, 4.69) is 84.3 Å². The summed E-state index contributed by atoms with van der Waals surface area (Å²) in [6, 6.07) is 25.0. The standard InChI is InChI=1S/C27H24FN9O.C26H21FN8O2/c1-3-37-14-16(11-31-37)27(26-32-15(2)38-36-26)24-19(18-6-4-5-7-20(18)33-24)10-22(35-27)25-30-13-23(34-25)21-9-8-17(28)12-29-21;1-35-13-15(11-29-35)26(24-33-34-25(36)37-24)22-18(17-4-2-3-5-19(17)30-22)10-20(32-26)23-28-12-21(31-23)14-6-8-16(27)9-7-14/h4-9,11-14,22,33,35H,3,10H2,1-2H3,(H,30,34);2-9,11-13,20,30,32H,10H2,1H3,(H,28,31)(H,34,36)/t22-,27?;20-,26?/m11/s1. The number of benzene rings is 3. The van der Waals surface area contributed by atoms with E-state index in [1.807, 2.05) is 67.6 Å². The number of hydrogen-bond donors (Lipinski definition) is 7. The van der Waals surface area contributed by atoms with E-state index >= 15 is 0 Å². The lowest BCUT2D eigenvalue weighted by atomic mass is 9.79. The molecule has 4 atom stereocenters. The van der Waals surface area contributed by atoms with E-state index in [9.17, 15) is 13.6 Å². The Bertz CT molecular complexity index is 4100. The van der Waals surface area contributed by atoms with Crippen LogP contribution in [0.1, 0.15) is 81.9 Å². The van der Waals surface area contributed by atoms with E-state index in [4.69, 9.17) is 18.9 Å². The molecule has 0 bridgehead atoms. The average Bonchev–Trinajstić information content (AvgIpc) is 4.45. The smallest absolute Gasteiger partial charge is 0.390 e. The summed E-state index contributed by atoms with van der Waals surface area (Å²) in [4.78, 5) is 44.4. The Morgan fingerprint density at radius 2 is 1.32 bits per heavy atom. The number of halogens is 2. The van der Waals surface area contributed by atoms with E-state index in [0.717, 1.165) is 79.1 Å². The number of pyridine rings is 1. The summed E-state index contributed by atoms with van der Waals surface area (Å²) in [5.74, 6) is 1.16. The van der Waals surface area contributed by atoms with Gasteiger partial charge in [0.1, 0.15) is 23.3 Å². The SMILES string of the molecule is CCn1cc(C2(c3noc(C)n3)N[C@@H](c3ncc(-c4ccc(F)cn4)[nH]3)Cc3c2[nH]c2ccccc32)cn1.Cn1cc(C2(c3n[nH]c(=O)o3)N[C@@H](c3ncc(-c4ccc(F)cc4)[nH]3)Cc3c2[nH]c2ccccc32)cn1. The van der Waals surface area contributed by atoms with E-state index in [-0.39, 0.29) is 29.6 Å². The fraction of sp³-hybridized carbons (Fsp3) is 0.189. The van der Waals surface area contributed by atoms with Gasteiger partial charge in [0.2, 0.25) is 17.6 Å². The molecule has 12 aromatic rings. The second-order valence-corrected chi connectivity index (χ2v) is 18.6. The van der Waals surface area contributed by atoms with E-state index in [0.29, 0.717) is 41.8 Å². The first kappa shape index (κ1) is 45.5. The van der Waals surface area contributed by atoms with Gasteiger partial charge in [-0.15, -0.1) is 5.10 Å². The summed E-state index contributed by atoms with van der Waals surface area (Å²) in [5, 5.41) is 29.7. The van der Waals surface area contributed by atoms with Crippen LogP contribution in [0.5, 0.6) is 0 Å². The van der Waals surface area contributed by atoms with Crippen LogP contribution in [0.3, 0.4) is 0 Å². The van der Waals surface area contributed by atoms with Gasteiger partial charge in [-0.25, -0.2) is 28.6 Å². The van der Waals surface area contributed by atoms with Crippen molar-refractivity contribution in [2.45, 2.75) is 56.4 Å². The Labute approximate surface area is 423 Å². The van der Waals surface area contributed by atoms with Crippen LogP contribution in [0.25, 0.3) is 44.5 Å². The number of para-hydroxylation sites is 2. The topological polar surface area (TPSA) is 259 Å². The number of nitrogens with zero attached hydrogens (tertiary/aromatic N) is 10. The van der Waals surface area contributed by atoms with Crippen molar-refractivity contribution < 1.29 is 17.7 Å². The van der Waals surface area contributed by atoms with Crippen LogP contribution in [-0.2, 0) is 37.5 Å². The number of aryl methyl sites for hydroxylation is 3. The lowest BCUT2D eigenvalue weighted by Crippen LogP contribution is -2.51. The Hall–Kier alpha value is -9.41. The predicted molar refractivity (Wildman–Crippen MR) is 269 cm³/mol. The summed E-state index contributed by atoms with van der Waals surface area (Å²) in [5.41, 5.74) is 8.29. The zero-order valence-electron chi connectivity index (χ0n) is 40.4. The maximum Gasteiger partial charge on any atom is 0.434 e. The Morgan fingerprint density at radius 3 is 1.92 bits per heavy atom. The van der Waals surface area contributed by atoms with Crippen molar-refractivity contribution in [3.05, 3.63) is 213 Å². The Morgan fingerprint density at radius 1 is 0.693 bits per heavy atom. The van der Waals surface area contributed by atoms with Crippen LogP contribution in [0.4, 0.5) is 8.78 Å². The highest BCUT2D eigenvalue weighted by atomic mass is 19.1. The number of hydrogen-bond acceptors (Lipinski definition) is 13. The Balaban J connectivity index is 0.000000144. The number of aromatic nitrogens is 15. The molecule has 2 aliphatic rings. The summed E-state index contributed by atoms with van der Waals surface area (Å²) < 4.78 is 41.6. The van der Waals surface area contributed by atoms with Crippen molar-refractivity contribution in [3.63, 3.8) is 0 Å². The monoisotopic (exact) mass is 1010 g/mol. The van der Waals surface area contributed by atoms with Crippen LogP contribution in [-0.4, -0.2) is 74.8 Å². The first-order valence-corrected chi connectivity index (χ1v) is 24.2. The normalized spacial score (nSPS) is 19.3. The molecule has 20 nitrogen and oxygen atoms in total. The summed E-state index contributed by atoms with van der Waals surface area (Å²) in [6.07, 6.45) is 13.4. The third-order valence-electron chi connectivity index (χ3n) is 14.1. The fourth-order valence-corrected chi connectivity index (χ4v) is 10.7. The fourth-order valence-electron chi connectivity index (χ4n) is 10.7. The zero-order valence-corrected chi connectivity index (χ0v) is 40.4. The molecular weight excluding hydrogens is 961 g/mol. The number of H-pyrrole nitrogens is 5. The Kier molecular flexibility index (Phi) is 10.7. The van der Waals surface area contributed by atoms with Gasteiger partial charge >= 0.3 is 5.76 Å². The zero-order chi connectivity index (χ0) is 51.0. The molecule has 9 aromatic heterocycles.